The van der Waals surface area contributed by atoms with Gasteiger partial charge < -0.3 is 10.6 Å². The summed E-state index contributed by atoms with van der Waals surface area (Å²) in [6.45, 7) is 3.94. The van der Waals surface area contributed by atoms with Crippen molar-refractivity contribution >= 4 is 11.8 Å². The second-order valence-electron chi connectivity index (χ2n) is 4.22. The fourth-order valence-electron chi connectivity index (χ4n) is 1.62. The molecule has 0 amide bonds. The summed E-state index contributed by atoms with van der Waals surface area (Å²) in [5, 5.41) is 0. The monoisotopic (exact) mass is 262 g/mol. The van der Waals surface area contributed by atoms with E-state index < -0.39 is 11.9 Å². The zero-order valence-corrected chi connectivity index (χ0v) is 10.6. The molecule has 0 aliphatic rings. The first-order valence-corrected chi connectivity index (χ1v) is 5.70. The van der Waals surface area contributed by atoms with Crippen LogP contribution in [0.2, 0.25) is 0 Å². The standard InChI is InChI=1S/C11H17F3N4/c1-4-5-7(2)18(3)9-6-8(11(12,13)14)16-10(15)17-9/h6-7H,4-5H2,1-3H3,(H2,15,16,17). The third-order valence-corrected chi connectivity index (χ3v) is 2.75. The minimum atomic E-state index is -4.51. The van der Waals surface area contributed by atoms with Gasteiger partial charge >= 0.3 is 6.18 Å². The molecular formula is C11H17F3N4. The minimum absolute atomic E-state index is 0.0883. The van der Waals surface area contributed by atoms with E-state index in [2.05, 4.69) is 9.97 Å². The van der Waals surface area contributed by atoms with Crippen LogP contribution in [0.4, 0.5) is 24.9 Å². The van der Waals surface area contributed by atoms with Crippen molar-refractivity contribution in [3.05, 3.63) is 11.8 Å². The molecule has 1 aromatic heterocycles. The Balaban J connectivity index is 3.06. The van der Waals surface area contributed by atoms with Crippen LogP contribution in [-0.4, -0.2) is 23.1 Å². The van der Waals surface area contributed by atoms with Gasteiger partial charge in [0.15, 0.2) is 5.69 Å². The largest absolute Gasteiger partial charge is 0.433 e. The number of nitrogens with zero attached hydrogens (tertiary/aromatic N) is 3. The van der Waals surface area contributed by atoms with Crippen LogP contribution in [0.3, 0.4) is 0 Å². The Morgan fingerprint density at radius 2 is 2.00 bits per heavy atom. The Kier molecular flexibility index (Phi) is 4.37. The van der Waals surface area contributed by atoms with Crippen LogP contribution >= 0.6 is 0 Å². The molecule has 0 spiro atoms. The molecule has 1 atom stereocenters. The fraction of sp³-hybridized carbons (Fsp3) is 0.636. The summed E-state index contributed by atoms with van der Waals surface area (Å²) in [5.41, 5.74) is 4.31. The molecule has 0 bridgehead atoms. The van der Waals surface area contributed by atoms with Crippen LogP contribution in [0.1, 0.15) is 32.4 Å². The molecule has 7 heteroatoms. The normalized spacial score (nSPS) is 13.4. The van der Waals surface area contributed by atoms with Crippen molar-refractivity contribution in [3.63, 3.8) is 0 Å². The Morgan fingerprint density at radius 1 is 1.39 bits per heavy atom. The molecule has 0 saturated heterocycles. The summed E-state index contributed by atoms with van der Waals surface area (Å²) in [7, 11) is 1.70. The summed E-state index contributed by atoms with van der Waals surface area (Å²) in [4.78, 5) is 8.73. The number of aromatic nitrogens is 2. The van der Waals surface area contributed by atoms with Crippen molar-refractivity contribution in [2.45, 2.75) is 38.9 Å². The lowest BCUT2D eigenvalue weighted by Crippen LogP contribution is -2.30. The highest BCUT2D eigenvalue weighted by atomic mass is 19.4. The van der Waals surface area contributed by atoms with E-state index in [0.717, 1.165) is 18.9 Å². The van der Waals surface area contributed by atoms with E-state index in [-0.39, 0.29) is 17.8 Å². The molecule has 1 rings (SSSR count). The molecule has 102 valence electrons. The first kappa shape index (κ1) is 14.5. The number of alkyl halides is 3. The zero-order valence-electron chi connectivity index (χ0n) is 10.6. The van der Waals surface area contributed by atoms with E-state index in [1.54, 1.807) is 11.9 Å². The van der Waals surface area contributed by atoms with Gasteiger partial charge in [-0.1, -0.05) is 13.3 Å². The molecule has 1 unspecified atom stereocenters. The van der Waals surface area contributed by atoms with Crippen molar-refractivity contribution in [3.8, 4) is 0 Å². The molecule has 4 nitrogen and oxygen atoms in total. The molecule has 18 heavy (non-hydrogen) atoms. The quantitative estimate of drug-likeness (QED) is 0.906. The van der Waals surface area contributed by atoms with Crippen LogP contribution in [0.5, 0.6) is 0 Å². The molecular weight excluding hydrogens is 245 g/mol. The second kappa shape index (κ2) is 5.41. The molecule has 2 N–H and O–H groups in total. The third kappa shape index (κ3) is 3.48. The average Bonchev–Trinajstić information content (AvgIpc) is 2.26. The van der Waals surface area contributed by atoms with Gasteiger partial charge in [-0.2, -0.15) is 18.2 Å². The number of rotatable bonds is 4. The number of hydrogen-bond donors (Lipinski definition) is 1. The Morgan fingerprint density at radius 3 is 2.50 bits per heavy atom. The lowest BCUT2D eigenvalue weighted by Gasteiger charge is -2.26. The second-order valence-corrected chi connectivity index (χ2v) is 4.22. The maximum atomic E-state index is 12.6. The van der Waals surface area contributed by atoms with E-state index in [4.69, 9.17) is 5.73 Å². The predicted molar refractivity (Wildman–Crippen MR) is 64.2 cm³/mol. The van der Waals surface area contributed by atoms with Gasteiger partial charge in [0, 0.05) is 19.2 Å². The summed E-state index contributed by atoms with van der Waals surface area (Å²) >= 11 is 0. The van der Waals surface area contributed by atoms with Crippen LogP contribution in [-0.2, 0) is 6.18 Å². The van der Waals surface area contributed by atoms with E-state index in [1.807, 2.05) is 13.8 Å². The van der Waals surface area contributed by atoms with Crippen molar-refractivity contribution in [2.24, 2.45) is 0 Å². The van der Waals surface area contributed by atoms with E-state index in [0.29, 0.717) is 0 Å². The van der Waals surface area contributed by atoms with E-state index >= 15 is 0 Å². The van der Waals surface area contributed by atoms with Gasteiger partial charge in [-0.25, -0.2) is 4.98 Å². The molecule has 1 heterocycles. The molecule has 0 aliphatic carbocycles. The topological polar surface area (TPSA) is 55.0 Å². The van der Waals surface area contributed by atoms with Crippen molar-refractivity contribution in [1.29, 1.82) is 0 Å². The molecule has 1 aromatic rings. The lowest BCUT2D eigenvalue weighted by atomic mass is 10.2. The number of nitrogen functional groups attached to an aromatic ring is 1. The van der Waals surface area contributed by atoms with Crippen LogP contribution < -0.4 is 10.6 Å². The Bertz CT molecular complexity index is 406. The highest BCUT2D eigenvalue weighted by molar-refractivity contribution is 5.44. The van der Waals surface area contributed by atoms with E-state index in [9.17, 15) is 13.2 Å². The van der Waals surface area contributed by atoms with Gasteiger partial charge in [0.05, 0.1) is 0 Å². The molecule has 0 aliphatic heterocycles. The minimum Gasteiger partial charge on any atom is -0.368 e. The number of nitrogens with two attached hydrogens (primary N) is 1. The molecule has 0 radical (unpaired) electrons. The number of hydrogen-bond acceptors (Lipinski definition) is 4. The number of halogens is 3. The van der Waals surface area contributed by atoms with Gasteiger partial charge in [-0.15, -0.1) is 0 Å². The summed E-state index contributed by atoms with van der Waals surface area (Å²) < 4.78 is 37.8. The Hall–Kier alpha value is -1.53. The van der Waals surface area contributed by atoms with Crippen molar-refractivity contribution < 1.29 is 13.2 Å². The third-order valence-electron chi connectivity index (χ3n) is 2.75. The smallest absolute Gasteiger partial charge is 0.368 e. The van der Waals surface area contributed by atoms with E-state index in [1.165, 1.54) is 0 Å². The highest BCUT2D eigenvalue weighted by Crippen LogP contribution is 2.30. The van der Waals surface area contributed by atoms with Gasteiger partial charge in [0.25, 0.3) is 0 Å². The predicted octanol–water partition coefficient (Wildman–Crippen LogP) is 2.70. The lowest BCUT2D eigenvalue weighted by molar-refractivity contribution is -0.141. The summed E-state index contributed by atoms with van der Waals surface area (Å²) in [6.07, 6.45) is -2.71. The fourth-order valence-corrected chi connectivity index (χ4v) is 1.62. The van der Waals surface area contributed by atoms with Gasteiger partial charge in [-0.05, 0) is 13.3 Å². The van der Waals surface area contributed by atoms with Crippen molar-refractivity contribution in [1.82, 2.24) is 9.97 Å². The zero-order chi connectivity index (χ0) is 13.9. The molecule has 0 fully saturated rings. The van der Waals surface area contributed by atoms with Crippen LogP contribution in [0.15, 0.2) is 6.07 Å². The van der Waals surface area contributed by atoms with Gasteiger partial charge in [-0.3, -0.25) is 0 Å². The maximum absolute atomic E-state index is 12.6. The van der Waals surface area contributed by atoms with Crippen LogP contribution in [0.25, 0.3) is 0 Å². The van der Waals surface area contributed by atoms with Crippen molar-refractivity contribution in [2.75, 3.05) is 17.7 Å². The Labute approximate surface area is 104 Å². The SMILES string of the molecule is CCCC(C)N(C)c1cc(C(F)(F)F)nc(N)n1. The highest BCUT2D eigenvalue weighted by Gasteiger charge is 2.34. The average molecular weight is 262 g/mol. The van der Waals surface area contributed by atoms with Gasteiger partial charge in [0.1, 0.15) is 5.82 Å². The van der Waals surface area contributed by atoms with Gasteiger partial charge in [0.2, 0.25) is 5.95 Å². The number of anilines is 2. The first-order valence-electron chi connectivity index (χ1n) is 5.70. The molecule has 0 saturated carbocycles. The summed E-state index contributed by atoms with van der Waals surface area (Å²) in [5.74, 6) is -0.175. The molecule has 0 aromatic carbocycles. The maximum Gasteiger partial charge on any atom is 0.433 e. The first-order chi connectivity index (χ1) is 8.25. The van der Waals surface area contributed by atoms with Crippen LogP contribution in [0, 0.1) is 0 Å². The summed E-state index contributed by atoms with van der Waals surface area (Å²) in [6, 6.07) is 1.01.